The van der Waals surface area contributed by atoms with Gasteiger partial charge < -0.3 is 16.4 Å². The molecule has 1 saturated carbocycles. The Bertz CT molecular complexity index is 666. The first-order valence-corrected chi connectivity index (χ1v) is 8.76. The fourth-order valence-electron chi connectivity index (χ4n) is 3.54. The van der Waals surface area contributed by atoms with E-state index in [0.29, 0.717) is 18.0 Å². The summed E-state index contributed by atoms with van der Waals surface area (Å²) in [7, 11) is 0. The second kappa shape index (κ2) is 9.00. The lowest BCUT2D eigenvalue weighted by atomic mass is 9.84. The summed E-state index contributed by atoms with van der Waals surface area (Å²) in [5, 5.41) is 5.58. The molecular weight excluding hydrogens is 356 g/mol. The number of hydrogen-bond donors (Lipinski definition) is 3. The van der Waals surface area contributed by atoms with Crippen molar-refractivity contribution in [3.63, 3.8) is 0 Å². The molecule has 3 rings (SSSR count). The van der Waals surface area contributed by atoms with Crippen molar-refractivity contribution in [2.24, 2.45) is 11.7 Å². The lowest BCUT2D eigenvalue weighted by Crippen LogP contribution is -2.44. The smallest absolute Gasteiger partial charge is 0.324 e. The third-order valence-corrected chi connectivity index (χ3v) is 5.00. The van der Waals surface area contributed by atoms with Gasteiger partial charge in [-0.15, -0.1) is 12.4 Å². The number of halogens is 1. The minimum atomic E-state index is -0.396. The van der Waals surface area contributed by atoms with Crippen LogP contribution in [0.2, 0.25) is 0 Å². The number of carbonyl (C=O) groups is 3. The van der Waals surface area contributed by atoms with Crippen LogP contribution in [0, 0.1) is 5.92 Å². The molecule has 1 aromatic rings. The maximum absolute atomic E-state index is 12.6. The molecule has 142 valence electrons. The van der Waals surface area contributed by atoms with Crippen LogP contribution in [-0.2, 0) is 11.3 Å². The minimum absolute atomic E-state index is 0. The first-order chi connectivity index (χ1) is 12.1. The highest BCUT2D eigenvalue weighted by Crippen LogP contribution is 2.24. The van der Waals surface area contributed by atoms with Gasteiger partial charge in [-0.05, 0) is 43.0 Å². The Morgan fingerprint density at radius 3 is 2.73 bits per heavy atom. The number of amides is 4. The van der Waals surface area contributed by atoms with Crippen molar-refractivity contribution in [1.29, 1.82) is 0 Å². The molecule has 0 bridgehead atoms. The van der Waals surface area contributed by atoms with Crippen molar-refractivity contribution < 1.29 is 14.4 Å². The average molecular weight is 381 g/mol. The van der Waals surface area contributed by atoms with Gasteiger partial charge in [-0.3, -0.25) is 14.5 Å². The zero-order chi connectivity index (χ0) is 17.8. The van der Waals surface area contributed by atoms with E-state index in [2.05, 4.69) is 10.6 Å². The predicted octanol–water partition coefficient (Wildman–Crippen LogP) is 1.41. The van der Waals surface area contributed by atoms with Crippen LogP contribution in [-0.4, -0.2) is 41.9 Å². The van der Waals surface area contributed by atoms with Crippen LogP contribution < -0.4 is 16.4 Å². The van der Waals surface area contributed by atoms with E-state index in [4.69, 9.17) is 5.73 Å². The SMILES string of the molecule is Cl.NCC1CCCCC1NC(=O)c1cccc(CN2C(=O)CNC2=O)c1. The number of nitrogens with two attached hydrogens (primary N) is 1. The molecule has 2 unspecified atom stereocenters. The Hall–Kier alpha value is -2.12. The summed E-state index contributed by atoms with van der Waals surface area (Å²) >= 11 is 0. The Kier molecular flexibility index (Phi) is 6.99. The Labute approximate surface area is 159 Å². The number of carbonyl (C=O) groups excluding carboxylic acids is 3. The lowest BCUT2D eigenvalue weighted by molar-refractivity contribution is -0.125. The molecule has 2 atom stereocenters. The van der Waals surface area contributed by atoms with E-state index < -0.39 is 6.03 Å². The summed E-state index contributed by atoms with van der Waals surface area (Å²) in [6, 6.07) is 6.76. The van der Waals surface area contributed by atoms with Gasteiger partial charge in [0.1, 0.15) is 0 Å². The van der Waals surface area contributed by atoms with Gasteiger partial charge in [0, 0.05) is 11.6 Å². The minimum Gasteiger partial charge on any atom is -0.349 e. The number of rotatable bonds is 5. The van der Waals surface area contributed by atoms with Crippen LogP contribution in [0.4, 0.5) is 4.79 Å². The topological polar surface area (TPSA) is 105 Å². The van der Waals surface area contributed by atoms with E-state index in [1.807, 2.05) is 0 Å². The maximum atomic E-state index is 12.6. The van der Waals surface area contributed by atoms with Crippen LogP contribution in [0.3, 0.4) is 0 Å². The van der Waals surface area contributed by atoms with E-state index in [0.717, 1.165) is 36.1 Å². The number of hydrogen-bond acceptors (Lipinski definition) is 4. The summed E-state index contributed by atoms with van der Waals surface area (Å²) in [6.07, 6.45) is 4.27. The number of imide groups is 1. The molecule has 7 nitrogen and oxygen atoms in total. The van der Waals surface area contributed by atoms with Crippen LogP contribution in [0.1, 0.15) is 41.6 Å². The molecule has 1 heterocycles. The number of nitrogens with zero attached hydrogens (tertiary/aromatic N) is 1. The molecule has 4 N–H and O–H groups in total. The highest BCUT2D eigenvalue weighted by Gasteiger charge is 2.29. The molecule has 8 heteroatoms. The summed E-state index contributed by atoms with van der Waals surface area (Å²) < 4.78 is 0. The largest absolute Gasteiger partial charge is 0.349 e. The summed E-state index contributed by atoms with van der Waals surface area (Å²) in [4.78, 5) is 37.1. The molecule has 1 saturated heterocycles. The highest BCUT2D eigenvalue weighted by molar-refractivity contribution is 6.02. The van der Waals surface area contributed by atoms with Crippen LogP contribution in [0.15, 0.2) is 24.3 Å². The van der Waals surface area contributed by atoms with Gasteiger partial charge in [-0.2, -0.15) is 0 Å². The fraction of sp³-hybridized carbons (Fsp3) is 0.500. The second-order valence-electron chi connectivity index (χ2n) is 6.70. The average Bonchev–Trinajstić information content (AvgIpc) is 2.94. The van der Waals surface area contributed by atoms with Crippen LogP contribution in [0.25, 0.3) is 0 Å². The Morgan fingerprint density at radius 1 is 1.27 bits per heavy atom. The van der Waals surface area contributed by atoms with E-state index in [1.54, 1.807) is 24.3 Å². The van der Waals surface area contributed by atoms with Crippen LogP contribution in [0.5, 0.6) is 0 Å². The van der Waals surface area contributed by atoms with E-state index >= 15 is 0 Å². The monoisotopic (exact) mass is 380 g/mol. The molecule has 1 aromatic carbocycles. The standard InChI is InChI=1S/C18H24N4O3.ClH/c19-9-14-5-1-2-7-15(14)21-17(24)13-6-3-4-12(8-13)11-22-16(23)10-20-18(22)25;/h3-4,6,8,14-15H,1-2,5,7,9-11,19H2,(H,20,25)(H,21,24);1H. The summed E-state index contributed by atoms with van der Waals surface area (Å²) in [5.74, 6) is -0.0657. The predicted molar refractivity (Wildman–Crippen MR) is 99.9 cm³/mol. The van der Waals surface area contributed by atoms with Gasteiger partial charge >= 0.3 is 6.03 Å². The zero-order valence-electron chi connectivity index (χ0n) is 14.6. The van der Waals surface area contributed by atoms with Gasteiger partial charge in [0.2, 0.25) is 5.91 Å². The van der Waals surface area contributed by atoms with Crippen molar-refractivity contribution >= 4 is 30.3 Å². The van der Waals surface area contributed by atoms with Gasteiger partial charge in [-0.1, -0.05) is 25.0 Å². The molecule has 1 aliphatic carbocycles. The highest BCUT2D eigenvalue weighted by atomic mass is 35.5. The molecule has 0 aromatic heterocycles. The third kappa shape index (κ3) is 4.53. The first kappa shape index (κ1) is 20.2. The van der Waals surface area contributed by atoms with Crippen molar-refractivity contribution in [3.8, 4) is 0 Å². The van der Waals surface area contributed by atoms with Crippen molar-refractivity contribution in [2.75, 3.05) is 13.1 Å². The quantitative estimate of drug-likeness (QED) is 0.671. The molecule has 0 radical (unpaired) electrons. The van der Waals surface area contributed by atoms with Gasteiger partial charge in [0.25, 0.3) is 5.91 Å². The van der Waals surface area contributed by atoms with Gasteiger partial charge in [-0.25, -0.2) is 4.79 Å². The number of urea groups is 1. The van der Waals surface area contributed by atoms with E-state index in [1.165, 1.54) is 0 Å². The summed E-state index contributed by atoms with van der Waals surface area (Å²) in [6.45, 7) is 0.777. The molecule has 26 heavy (non-hydrogen) atoms. The fourth-order valence-corrected chi connectivity index (χ4v) is 3.54. The van der Waals surface area contributed by atoms with Crippen molar-refractivity contribution in [3.05, 3.63) is 35.4 Å². The zero-order valence-corrected chi connectivity index (χ0v) is 15.4. The maximum Gasteiger partial charge on any atom is 0.324 e. The molecule has 4 amide bonds. The molecule has 2 fully saturated rings. The molecular formula is C18H25ClN4O3. The Balaban J connectivity index is 0.00000243. The van der Waals surface area contributed by atoms with Crippen LogP contribution >= 0.6 is 12.4 Å². The number of benzene rings is 1. The van der Waals surface area contributed by atoms with Gasteiger partial charge in [0.15, 0.2) is 0 Å². The first-order valence-electron chi connectivity index (χ1n) is 8.76. The normalized spacial score (nSPS) is 22.6. The second-order valence-corrected chi connectivity index (χ2v) is 6.70. The molecule has 2 aliphatic rings. The van der Waals surface area contributed by atoms with Gasteiger partial charge in [0.05, 0.1) is 13.1 Å². The molecule has 0 spiro atoms. The summed E-state index contributed by atoms with van der Waals surface area (Å²) in [5.41, 5.74) is 7.10. The molecule has 1 aliphatic heterocycles. The third-order valence-electron chi connectivity index (χ3n) is 5.00. The lowest BCUT2D eigenvalue weighted by Gasteiger charge is -2.31. The van der Waals surface area contributed by atoms with Crippen molar-refractivity contribution in [1.82, 2.24) is 15.5 Å². The van der Waals surface area contributed by atoms with E-state index in [-0.39, 0.29) is 43.4 Å². The Morgan fingerprint density at radius 2 is 2.04 bits per heavy atom. The van der Waals surface area contributed by atoms with E-state index in [9.17, 15) is 14.4 Å². The number of nitrogens with one attached hydrogen (secondary N) is 2. The van der Waals surface area contributed by atoms with Crippen molar-refractivity contribution in [2.45, 2.75) is 38.3 Å².